The third-order valence-corrected chi connectivity index (χ3v) is 4.02. The average molecular weight is 340 g/mol. The summed E-state index contributed by atoms with van der Waals surface area (Å²) in [7, 11) is 0. The molecule has 0 aliphatic carbocycles. The van der Waals surface area contributed by atoms with E-state index < -0.39 is 59.6 Å². The molecule has 0 aromatic heterocycles. The van der Waals surface area contributed by atoms with E-state index in [0.717, 1.165) is 6.92 Å². The van der Waals surface area contributed by atoms with Crippen molar-refractivity contribution in [1.29, 1.82) is 0 Å². The van der Waals surface area contributed by atoms with Crippen molar-refractivity contribution < 1.29 is 31.1 Å². The molecule has 0 radical (unpaired) electrons. The molecule has 1 aliphatic heterocycles. The topological polar surface area (TPSA) is 46.3 Å². The zero-order chi connectivity index (χ0) is 17.5. The van der Waals surface area contributed by atoms with Gasteiger partial charge in [-0.2, -0.15) is 0 Å². The molecule has 1 aromatic rings. The number of hydrogen-bond acceptors (Lipinski definition) is 2. The van der Waals surface area contributed by atoms with Gasteiger partial charge >= 0.3 is 0 Å². The lowest BCUT2D eigenvalue weighted by atomic mass is 9.81. The molecule has 2 N–H and O–H groups in total. The number of rotatable bonds is 3. The van der Waals surface area contributed by atoms with E-state index >= 15 is 0 Å². The maximum Gasteiger partial charge on any atom is 0.287 e. The van der Waals surface area contributed by atoms with Crippen molar-refractivity contribution in [2.75, 3.05) is 0 Å². The van der Waals surface area contributed by atoms with E-state index in [-0.39, 0.29) is 11.3 Å². The number of nitrogens with two attached hydrogens (primary N) is 1. The van der Waals surface area contributed by atoms with Gasteiger partial charge in [0, 0.05) is 17.5 Å². The second-order valence-electron chi connectivity index (χ2n) is 5.40. The Kier molecular flexibility index (Phi) is 4.88. The molecular formula is C14H14F6N2O. The molecule has 4 unspecified atom stereocenters. The molecule has 128 valence electrons. The molecule has 1 fully saturated rings. The minimum absolute atomic E-state index is 0.174. The summed E-state index contributed by atoms with van der Waals surface area (Å²) >= 11 is 0. The van der Waals surface area contributed by atoms with Crippen molar-refractivity contribution in [3.05, 3.63) is 35.1 Å². The fourth-order valence-electron chi connectivity index (χ4n) is 2.87. The molecule has 1 aromatic carbocycles. The molecular weight excluding hydrogens is 326 g/mol. The molecule has 9 heteroatoms. The predicted octanol–water partition coefficient (Wildman–Crippen LogP) is 2.70. The molecule has 0 spiro atoms. The number of halogens is 6. The maximum atomic E-state index is 13.9. The average Bonchev–Trinajstić information content (AvgIpc) is 2.48. The summed E-state index contributed by atoms with van der Waals surface area (Å²) in [6.45, 7) is 1.16. The number of amides is 1. The highest BCUT2D eigenvalue weighted by Crippen LogP contribution is 2.38. The van der Waals surface area contributed by atoms with Crippen molar-refractivity contribution >= 4 is 5.91 Å². The van der Waals surface area contributed by atoms with Crippen LogP contribution < -0.4 is 5.73 Å². The number of benzene rings is 1. The molecule has 1 aliphatic rings. The number of hydrogen-bond donors (Lipinski definition) is 1. The number of carbonyl (C=O) groups is 1. The number of likely N-dealkylation sites (tertiary alicyclic amines) is 1. The summed E-state index contributed by atoms with van der Waals surface area (Å²) in [6.07, 6.45) is -6.79. The Balaban J connectivity index is 2.48. The number of piperidine rings is 1. The van der Waals surface area contributed by atoms with E-state index in [0.29, 0.717) is 12.1 Å². The van der Waals surface area contributed by atoms with Crippen LogP contribution >= 0.6 is 0 Å². The van der Waals surface area contributed by atoms with Crippen molar-refractivity contribution in [3.8, 4) is 0 Å². The third-order valence-electron chi connectivity index (χ3n) is 4.02. The predicted molar refractivity (Wildman–Crippen MR) is 68.9 cm³/mol. The number of alkyl halides is 3. The van der Waals surface area contributed by atoms with E-state index in [1.165, 1.54) is 0 Å². The van der Waals surface area contributed by atoms with Gasteiger partial charge in [0.2, 0.25) is 12.2 Å². The van der Waals surface area contributed by atoms with E-state index in [1.54, 1.807) is 0 Å². The summed E-state index contributed by atoms with van der Waals surface area (Å²) in [5.74, 6) is -6.30. The Bertz CT molecular complexity index is 611. The minimum Gasteiger partial charge on any atom is -0.320 e. The Hall–Kier alpha value is -1.77. The number of nitrogens with zero attached hydrogens (tertiary/aromatic N) is 1. The SMILES string of the molecule is CC1C(c2c(F)ccc(F)c2F)CC(N)C(=O)N1C(F)C(F)F. The molecule has 23 heavy (non-hydrogen) atoms. The normalized spacial score (nSPS) is 26.7. The van der Waals surface area contributed by atoms with Gasteiger partial charge in [-0.25, -0.2) is 26.3 Å². The van der Waals surface area contributed by atoms with Crippen molar-refractivity contribution in [1.82, 2.24) is 4.90 Å². The fraction of sp³-hybridized carbons (Fsp3) is 0.500. The first-order valence-corrected chi connectivity index (χ1v) is 6.80. The van der Waals surface area contributed by atoms with Gasteiger partial charge in [-0.05, 0) is 25.5 Å². The van der Waals surface area contributed by atoms with Crippen LogP contribution in [0.25, 0.3) is 0 Å². The maximum absolute atomic E-state index is 13.9. The van der Waals surface area contributed by atoms with Crippen LogP contribution in [0.15, 0.2) is 12.1 Å². The zero-order valence-corrected chi connectivity index (χ0v) is 11.9. The lowest BCUT2D eigenvalue weighted by molar-refractivity contribution is -0.156. The highest BCUT2D eigenvalue weighted by atomic mass is 19.3. The van der Waals surface area contributed by atoms with E-state index in [1.807, 2.05) is 0 Å². The van der Waals surface area contributed by atoms with Gasteiger partial charge < -0.3 is 10.6 Å². The second kappa shape index (κ2) is 6.38. The highest BCUT2D eigenvalue weighted by Gasteiger charge is 2.46. The quantitative estimate of drug-likeness (QED) is 0.522. The summed E-state index contributed by atoms with van der Waals surface area (Å²) in [5, 5.41) is 0. The van der Waals surface area contributed by atoms with Gasteiger partial charge in [0.05, 0.1) is 6.04 Å². The molecule has 1 heterocycles. The largest absolute Gasteiger partial charge is 0.320 e. The molecule has 3 nitrogen and oxygen atoms in total. The van der Waals surface area contributed by atoms with Crippen molar-refractivity contribution in [3.63, 3.8) is 0 Å². The minimum atomic E-state index is -3.51. The van der Waals surface area contributed by atoms with Crippen LogP contribution in [0, 0.1) is 17.5 Å². The first-order chi connectivity index (χ1) is 10.7. The van der Waals surface area contributed by atoms with Crippen LogP contribution in [0.1, 0.15) is 24.8 Å². The fourth-order valence-corrected chi connectivity index (χ4v) is 2.87. The number of carbonyl (C=O) groups excluding carboxylic acids is 1. The van der Waals surface area contributed by atoms with Gasteiger partial charge in [0.15, 0.2) is 11.6 Å². The molecule has 0 bridgehead atoms. The van der Waals surface area contributed by atoms with E-state index in [9.17, 15) is 31.1 Å². The molecule has 0 saturated carbocycles. The second-order valence-corrected chi connectivity index (χ2v) is 5.40. The van der Waals surface area contributed by atoms with Gasteiger partial charge in [-0.3, -0.25) is 4.79 Å². The molecule has 2 rings (SSSR count). The van der Waals surface area contributed by atoms with Gasteiger partial charge in [0.1, 0.15) is 5.82 Å². The molecule has 1 amide bonds. The Labute approximate surface area is 128 Å². The van der Waals surface area contributed by atoms with Gasteiger partial charge in [-0.1, -0.05) is 0 Å². The zero-order valence-electron chi connectivity index (χ0n) is 11.9. The Morgan fingerprint density at radius 2 is 1.74 bits per heavy atom. The van der Waals surface area contributed by atoms with Crippen LogP contribution in [0.4, 0.5) is 26.3 Å². The van der Waals surface area contributed by atoms with Crippen LogP contribution in [-0.4, -0.2) is 35.6 Å². The van der Waals surface area contributed by atoms with Crippen molar-refractivity contribution in [2.24, 2.45) is 5.73 Å². The molecule has 4 atom stereocenters. The summed E-state index contributed by atoms with van der Waals surface area (Å²) in [4.78, 5) is 12.0. The van der Waals surface area contributed by atoms with E-state index in [2.05, 4.69) is 0 Å². The van der Waals surface area contributed by atoms with Crippen LogP contribution in [-0.2, 0) is 4.79 Å². The Morgan fingerprint density at radius 3 is 2.30 bits per heavy atom. The highest BCUT2D eigenvalue weighted by molar-refractivity contribution is 5.83. The monoisotopic (exact) mass is 340 g/mol. The van der Waals surface area contributed by atoms with Gasteiger partial charge in [0.25, 0.3) is 6.43 Å². The molecule has 1 saturated heterocycles. The first kappa shape index (κ1) is 17.6. The van der Waals surface area contributed by atoms with Crippen molar-refractivity contribution in [2.45, 2.75) is 44.1 Å². The smallest absolute Gasteiger partial charge is 0.287 e. The summed E-state index contributed by atoms with van der Waals surface area (Å²) < 4.78 is 80.1. The summed E-state index contributed by atoms with van der Waals surface area (Å²) in [5.41, 5.74) is 4.76. The van der Waals surface area contributed by atoms with Crippen LogP contribution in [0.3, 0.4) is 0 Å². The van der Waals surface area contributed by atoms with Gasteiger partial charge in [-0.15, -0.1) is 0 Å². The summed E-state index contributed by atoms with van der Waals surface area (Å²) in [6, 6.07) is -1.50. The lowest BCUT2D eigenvalue weighted by Gasteiger charge is -2.43. The standard InChI is InChI=1S/C14H14F6N2O/c1-5-6(10-7(15)2-3-8(16)11(10)17)4-9(21)14(23)22(5)13(20)12(18)19/h2-3,5-6,9,12-13H,4,21H2,1H3. The van der Waals surface area contributed by atoms with Crippen LogP contribution in [0.5, 0.6) is 0 Å². The van der Waals surface area contributed by atoms with Crippen LogP contribution in [0.2, 0.25) is 0 Å². The third kappa shape index (κ3) is 3.01. The Morgan fingerprint density at radius 1 is 1.17 bits per heavy atom. The first-order valence-electron chi connectivity index (χ1n) is 6.80. The van der Waals surface area contributed by atoms with E-state index in [4.69, 9.17) is 5.73 Å². The lowest BCUT2D eigenvalue weighted by Crippen LogP contribution is -2.59.